The molecule has 2 amide bonds. The third-order valence-corrected chi connectivity index (χ3v) is 2.50. The SMILES string of the molecule is O=C(NCCN(C(=O)C(F)(F)F)c1ccc(F)cc1)C(F)(F)F. The van der Waals surface area contributed by atoms with Gasteiger partial charge in [-0.2, -0.15) is 26.3 Å². The molecule has 0 aliphatic carbocycles. The molecule has 11 heteroatoms. The summed E-state index contributed by atoms with van der Waals surface area (Å²) in [7, 11) is 0. The monoisotopic (exact) mass is 346 g/mol. The predicted octanol–water partition coefficient (Wildman–Crippen LogP) is 2.40. The highest BCUT2D eigenvalue weighted by Crippen LogP contribution is 2.23. The van der Waals surface area contributed by atoms with Crippen molar-refractivity contribution in [2.45, 2.75) is 12.4 Å². The van der Waals surface area contributed by atoms with Crippen molar-refractivity contribution < 1.29 is 40.3 Å². The fourth-order valence-corrected chi connectivity index (χ4v) is 1.50. The second-order valence-electron chi connectivity index (χ2n) is 4.18. The number of nitrogens with zero attached hydrogens (tertiary/aromatic N) is 1. The molecular weight excluding hydrogens is 337 g/mol. The molecule has 0 saturated heterocycles. The minimum atomic E-state index is -5.29. The number of rotatable bonds is 4. The molecule has 23 heavy (non-hydrogen) atoms. The van der Waals surface area contributed by atoms with E-state index in [0.29, 0.717) is 0 Å². The maximum absolute atomic E-state index is 12.8. The molecule has 1 aromatic carbocycles. The number of carbonyl (C=O) groups excluding carboxylic acids is 2. The van der Waals surface area contributed by atoms with Crippen molar-refractivity contribution >= 4 is 17.5 Å². The molecule has 1 rings (SSSR count). The van der Waals surface area contributed by atoms with Crippen molar-refractivity contribution in [3.05, 3.63) is 30.1 Å². The Hall–Kier alpha value is -2.33. The summed E-state index contributed by atoms with van der Waals surface area (Å²) >= 11 is 0. The van der Waals surface area contributed by atoms with Crippen molar-refractivity contribution in [2.75, 3.05) is 18.0 Å². The van der Waals surface area contributed by atoms with Crippen LogP contribution in [0.15, 0.2) is 24.3 Å². The highest BCUT2D eigenvalue weighted by molar-refractivity contribution is 5.97. The van der Waals surface area contributed by atoms with E-state index in [4.69, 9.17) is 0 Å². The number of carbonyl (C=O) groups is 2. The normalized spacial score (nSPS) is 12.0. The molecule has 0 bridgehead atoms. The van der Waals surface area contributed by atoms with Crippen LogP contribution in [0.5, 0.6) is 0 Å². The predicted molar refractivity (Wildman–Crippen MR) is 63.9 cm³/mol. The summed E-state index contributed by atoms with van der Waals surface area (Å²) in [6.07, 6.45) is -10.5. The maximum atomic E-state index is 12.8. The lowest BCUT2D eigenvalue weighted by Crippen LogP contribution is -2.46. The van der Waals surface area contributed by atoms with Crippen molar-refractivity contribution in [1.29, 1.82) is 0 Å². The van der Waals surface area contributed by atoms with E-state index in [1.165, 1.54) is 5.32 Å². The molecule has 0 atom stereocenters. The van der Waals surface area contributed by atoms with Gasteiger partial charge in [-0.25, -0.2) is 4.39 Å². The molecule has 1 aromatic rings. The van der Waals surface area contributed by atoms with Gasteiger partial charge in [-0.3, -0.25) is 9.59 Å². The fraction of sp³-hybridized carbons (Fsp3) is 0.333. The Labute approximate surface area is 124 Å². The molecule has 1 N–H and O–H groups in total. The molecule has 128 valence electrons. The maximum Gasteiger partial charge on any atom is 0.471 e. The van der Waals surface area contributed by atoms with Gasteiger partial charge in [0.05, 0.1) is 0 Å². The Morgan fingerprint density at radius 1 is 0.957 bits per heavy atom. The lowest BCUT2D eigenvalue weighted by atomic mass is 10.2. The van der Waals surface area contributed by atoms with Crippen molar-refractivity contribution in [2.24, 2.45) is 0 Å². The van der Waals surface area contributed by atoms with Crippen LogP contribution in [-0.2, 0) is 9.59 Å². The van der Waals surface area contributed by atoms with Crippen molar-refractivity contribution in [3.63, 3.8) is 0 Å². The summed E-state index contributed by atoms with van der Waals surface area (Å²) in [5.74, 6) is -5.49. The number of benzene rings is 1. The van der Waals surface area contributed by atoms with Gasteiger partial charge in [0.2, 0.25) is 0 Å². The first-order valence-electron chi connectivity index (χ1n) is 5.92. The number of alkyl halides is 6. The van der Waals surface area contributed by atoms with E-state index in [1.54, 1.807) is 0 Å². The number of hydrogen-bond donors (Lipinski definition) is 1. The Morgan fingerprint density at radius 2 is 1.48 bits per heavy atom. The summed E-state index contributed by atoms with van der Waals surface area (Å²) < 4.78 is 86.2. The molecule has 0 aliphatic heterocycles. The van der Waals surface area contributed by atoms with Crippen LogP contribution in [0.1, 0.15) is 0 Å². The van der Waals surface area contributed by atoms with Crippen LogP contribution in [-0.4, -0.2) is 37.3 Å². The van der Waals surface area contributed by atoms with Crippen molar-refractivity contribution in [3.8, 4) is 0 Å². The highest BCUT2D eigenvalue weighted by atomic mass is 19.4. The van der Waals surface area contributed by atoms with Gasteiger partial charge < -0.3 is 10.2 Å². The lowest BCUT2D eigenvalue weighted by Gasteiger charge is -2.24. The van der Waals surface area contributed by atoms with Gasteiger partial charge >= 0.3 is 24.2 Å². The zero-order valence-corrected chi connectivity index (χ0v) is 11.1. The Morgan fingerprint density at radius 3 is 1.91 bits per heavy atom. The van der Waals surface area contributed by atoms with Crippen molar-refractivity contribution in [1.82, 2.24) is 5.32 Å². The van der Waals surface area contributed by atoms with Gasteiger partial charge in [0.1, 0.15) is 5.82 Å². The largest absolute Gasteiger partial charge is 0.471 e. The highest BCUT2D eigenvalue weighted by Gasteiger charge is 2.43. The zero-order chi connectivity index (χ0) is 17.8. The van der Waals surface area contributed by atoms with E-state index in [-0.39, 0.29) is 10.6 Å². The Kier molecular flexibility index (Phi) is 5.56. The number of amides is 2. The minimum Gasteiger partial charge on any atom is -0.346 e. The Bertz CT molecular complexity index is 566. The Balaban J connectivity index is 2.87. The van der Waals surface area contributed by atoms with Crippen LogP contribution in [0, 0.1) is 5.82 Å². The van der Waals surface area contributed by atoms with Gasteiger partial charge in [-0.05, 0) is 24.3 Å². The molecule has 4 nitrogen and oxygen atoms in total. The molecular formula is C12H9F7N2O2. The van der Waals surface area contributed by atoms with Gasteiger partial charge in [-0.1, -0.05) is 0 Å². The van der Waals surface area contributed by atoms with Gasteiger partial charge in [0.15, 0.2) is 0 Å². The van der Waals surface area contributed by atoms with Gasteiger partial charge in [0, 0.05) is 18.8 Å². The topological polar surface area (TPSA) is 49.4 Å². The number of nitrogens with one attached hydrogen (secondary N) is 1. The first-order valence-corrected chi connectivity index (χ1v) is 5.92. The number of hydrogen-bond acceptors (Lipinski definition) is 2. The summed E-state index contributed by atoms with van der Waals surface area (Å²) in [6, 6.07) is 3.26. The smallest absolute Gasteiger partial charge is 0.346 e. The van der Waals surface area contributed by atoms with E-state index in [0.717, 1.165) is 24.3 Å². The average molecular weight is 346 g/mol. The molecule has 0 heterocycles. The van der Waals surface area contributed by atoms with Crippen LogP contribution in [0.2, 0.25) is 0 Å². The zero-order valence-electron chi connectivity index (χ0n) is 11.1. The van der Waals surface area contributed by atoms with Crippen LogP contribution in [0.3, 0.4) is 0 Å². The van der Waals surface area contributed by atoms with Gasteiger partial charge in [0.25, 0.3) is 0 Å². The third-order valence-electron chi connectivity index (χ3n) is 2.50. The molecule has 0 aromatic heterocycles. The molecule has 0 unspecified atom stereocenters. The molecule has 0 aliphatic rings. The summed E-state index contributed by atoms with van der Waals surface area (Å²) in [5, 5.41) is 1.34. The molecule has 0 radical (unpaired) electrons. The van der Waals surface area contributed by atoms with E-state index in [1.807, 2.05) is 0 Å². The van der Waals surface area contributed by atoms with Crippen LogP contribution in [0.4, 0.5) is 36.4 Å². The van der Waals surface area contributed by atoms with E-state index < -0.39 is 43.1 Å². The lowest BCUT2D eigenvalue weighted by molar-refractivity contribution is -0.173. The summed E-state index contributed by atoms with van der Waals surface area (Å²) in [4.78, 5) is 22.0. The second kappa shape index (κ2) is 6.84. The molecule has 0 spiro atoms. The number of halogens is 7. The van der Waals surface area contributed by atoms with E-state index >= 15 is 0 Å². The van der Waals surface area contributed by atoms with Crippen LogP contribution < -0.4 is 10.2 Å². The van der Waals surface area contributed by atoms with E-state index in [9.17, 15) is 40.3 Å². The quantitative estimate of drug-likeness (QED) is 0.852. The first kappa shape index (κ1) is 18.7. The second-order valence-corrected chi connectivity index (χ2v) is 4.18. The van der Waals surface area contributed by atoms with Crippen LogP contribution >= 0.6 is 0 Å². The first-order chi connectivity index (χ1) is 10.4. The van der Waals surface area contributed by atoms with Gasteiger partial charge in [-0.15, -0.1) is 0 Å². The average Bonchev–Trinajstić information content (AvgIpc) is 2.42. The van der Waals surface area contributed by atoms with Crippen LogP contribution in [0.25, 0.3) is 0 Å². The number of anilines is 1. The standard InChI is InChI=1S/C12H9F7N2O2/c13-7-1-3-8(4-2-7)21(10(23)12(17,18)19)6-5-20-9(22)11(14,15)16/h1-4H,5-6H2,(H,20,22). The summed E-state index contributed by atoms with van der Waals surface area (Å²) in [6.45, 7) is -1.76. The van der Waals surface area contributed by atoms with E-state index in [2.05, 4.69) is 0 Å². The fourth-order valence-electron chi connectivity index (χ4n) is 1.50. The third kappa shape index (κ3) is 5.42. The summed E-state index contributed by atoms with van der Waals surface area (Å²) in [5.41, 5.74) is -0.380. The minimum absolute atomic E-state index is 0.0933. The molecule has 0 saturated carbocycles. The molecule has 0 fully saturated rings.